The largest absolute Gasteiger partial charge is 0.378 e. The van der Waals surface area contributed by atoms with Crippen LogP contribution in [0.5, 0.6) is 0 Å². The molecule has 2 aliphatic rings. The summed E-state index contributed by atoms with van der Waals surface area (Å²) < 4.78 is 5.77. The van der Waals surface area contributed by atoms with Gasteiger partial charge in [0.25, 0.3) is 0 Å². The van der Waals surface area contributed by atoms with Crippen molar-refractivity contribution in [3.05, 3.63) is 18.0 Å². The van der Waals surface area contributed by atoms with Crippen LogP contribution in [0.4, 0.5) is 0 Å². The molecule has 0 spiro atoms. The number of nitrogens with one attached hydrogen (secondary N) is 1. The molecule has 1 N–H and O–H groups in total. The highest BCUT2D eigenvalue weighted by atomic mass is 16.5. The van der Waals surface area contributed by atoms with Crippen LogP contribution in [-0.2, 0) is 16.0 Å². The Morgan fingerprint density at radius 2 is 2.35 bits per heavy atom. The van der Waals surface area contributed by atoms with Gasteiger partial charge < -0.3 is 9.64 Å². The fourth-order valence-electron chi connectivity index (χ4n) is 3.76. The summed E-state index contributed by atoms with van der Waals surface area (Å²) in [6.07, 6.45) is 8.53. The van der Waals surface area contributed by atoms with Crippen LogP contribution in [0.3, 0.4) is 0 Å². The van der Waals surface area contributed by atoms with E-state index in [0.717, 1.165) is 45.7 Å². The third-order valence-corrected chi connectivity index (χ3v) is 5.00. The van der Waals surface area contributed by atoms with Gasteiger partial charge in [-0.2, -0.15) is 5.10 Å². The van der Waals surface area contributed by atoms with Crippen molar-refractivity contribution in [3.8, 4) is 0 Å². The average Bonchev–Trinajstić information content (AvgIpc) is 3.08. The van der Waals surface area contributed by atoms with E-state index in [0.29, 0.717) is 18.5 Å². The van der Waals surface area contributed by atoms with E-state index in [1.807, 2.05) is 17.3 Å². The molecule has 2 atom stereocenters. The number of aryl methyl sites for hydroxylation is 1. The number of hydrogen-bond acceptors (Lipinski definition) is 4. The van der Waals surface area contributed by atoms with Crippen LogP contribution in [0.2, 0.25) is 0 Å². The lowest BCUT2D eigenvalue weighted by molar-refractivity contribution is -0.140. The predicted octanol–water partition coefficient (Wildman–Crippen LogP) is 1.44. The molecule has 1 aromatic rings. The van der Waals surface area contributed by atoms with Crippen LogP contribution in [0.25, 0.3) is 0 Å². The summed E-state index contributed by atoms with van der Waals surface area (Å²) in [5, 5.41) is 6.75. The molecule has 128 valence electrons. The molecule has 0 unspecified atom stereocenters. The van der Waals surface area contributed by atoms with Crippen LogP contribution in [0, 0.1) is 0 Å². The third-order valence-electron chi connectivity index (χ3n) is 5.00. The van der Waals surface area contributed by atoms with E-state index >= 15 is 0 Å². The Kier molecular flexibility index (Phi) is 5.67. The van der Waals surface area contributed by atoms with Gasteiger partial charge >= 0.3 is 0 Å². The van der Waals surface area contributed by atoms with Crippen molar-refractivity contribution in [2.75, 3.05) is 32.8 Å². The Morgan fingerprint density at radius 1 is 1.43 bits per heavy atom. The summed E-state index contributed by atoms with van der Waals surface area (Å²) in [4.78, 5) is 17.1. The van der Waals surface area contributed by atoms with E-state index in [-0.39, 0.29) is 5.91 Å². The lowest BCUT2D eigenvalue weighted by Gasteiger charge is -2.48. The minimum absolute atomic E-state index is 0.283. The number of morpholine rings is 1. The number of ether oxygens (including phenoxy) is 1. The monoisotopic (exact) mass is 320 g/mol. The van der Waals surface area contributed by atoms with E-state index in [9.17, 15) is 4.79 Å². The molecule has 2 fully saturated rings. The SMILES string of the molecule is CCC[C@H]1COC[C@H]2CN(C(=O)CCCc3cn[nH]c3)CCN12. The molecule has 0 radical (unpaired) electrons. The van der Waals surface area contributed by atoms with Crippen LogP contribution in [0.1, 0.15) is 38.2 Å². The Balaban J connectivity index is 1.45. The standard InChI is InChI=1S/C17H28N4O2/c1-2-4-15-12-23-13-16-11-20(7-8-21(15)16)17(22)6-3-5-14-9-18-19-10-14/h9-10,15-16H,2-8,11-13H2,1H3,(H,18,19)/t15-,16+/m0/s1. The Bertz CT molecular complexity index is 489. The predicted molar refractivity (Wildman–Crippen MR) is 88.1 cm³/mol. The molecule has 0 aromatic carbocycles. The molecule has 6 nitrogen and oxygen atoms in total. The molecule has 0 aliphatic carbocycles. The van der Waals surface area contributed by atoms with Crippen molar-refractivity contribution in [3.63, 3.8) is 0 Å². The number of hydrogen-bond donors (Lipinski definition) is 1. The molecule has 2 saturated heterocycles. The normalized spacial score (nSPS) is 25.3. The van der Waals surface area contributed by atoms with E-state index in [4.69, 9.17) is 4.74 Å². The van der Waals surface area contributed by atoms with Crippen molar-refractivity contribution >= 4 is 5.91 Å². The second kappa shape index (κ2) is 7.93. The van der Waals surface area contributed by atoms with Gasteiger partial charge in [0, 0.05) is 38.3 Å². The first kappa shape index (κ1) is 16.5. The summed E-state index contributed by atoms with van der Waals surface area (Å²) in [7, 11) is 0. The molecular formula is C17H28N4O2. The molecule has 0 bridgehead atoms. The average molecular weight is 320 g/mol. The Hall–Kier alpha value is -1.40. The van der Waals surface area contributed by atoms with E-state index < -0.39 is 0 Å². The number of aromatic amines is 1. The van der Waals surface area contributed by atoms with Crippen LogP contribution in [0.15, 0.2) is 12.4 Å². The number of rotatable bonds is 6. The highest BCUT2D eigenvalue weighted by Crippen LogP contribution is 2.22. The smallest absolute Gasteiger partial charge is 0.222 e. The van der Waals surface area contributed by atoms with Crippen molar-refractivity contribution in [1.82, 2.24) is 20.0 Å². The maximum Gasteiger partial charge on any atom is 0.222 e. The molecule has 2 aliphatic heterocycles. The highest BCUT2D eigenvalue weighted by Gasteiger charge is 2.36. The number of carbonyl (C=O) groups is 1. The second-order valence-electron chi connectivity index (χ2n) is 6.67. The Morgan fingerprint density at radius 3 is 3.13 bits per heavy atom. The first-order valence-corrected chi connectivity index (χ1v) is 8.87. The van der Waals surface area contributed by atoms with E-state index in [1.165, 1.54) is 18.4 Å². The number of carbonyl (C=O) groups excluding carboxylic acids is 1. The van der Waals surface area contributed by atoms with E-state index in [2.05, 4.69) is 22.0 Å². The van der Waals surface area contributed by atoms with Gasteiger partial charge in [0.05, 0.1) is 25.5 Å². The van der Waals surface area contributed by atoms with Gasteiger partial charge in [-0.05, 0) is 24.8 Å². The summed E-state index contributed by atoms with van der Waals surface area (Å²) in [5.41, 5.74) is 1.17. The third kappa shape index (κ3) is 4.12. The molecule has 1 amide bonds. The molecule has 3 rings (SSSR count). The number of fused-ring (bicyclic) bond motifs is 1. The molecule has 23 heavy (non-hydrogen) atoms. The number of amides is 1. The number of piperazine rings is 1. The zero-order valence-corrected chi connectivity index (χ0v) is 14.0. The van der Waals surface area contributed by atoms with Gasteiger partial charge in [0.1, 0.15) is 0 Å². The molecular weight excluding hydrogens is 292 g/mol. The van der Waals surface area contributed by atoms with Crippen molar-refractivity contribution in [1.29, 1.82) is 0 Å². The summed E-state index contributed by atoms with van der Waals surface area (Å²) >= 11 is 0. The number of nitrogens with zero attached hydrogens (tertiary/aromatic N) is 3. The summed E-state index contributed by atoms with van der Waals surface area (Å²) in [6.45, 7) is 6.52. The highest BCUT2D eigenvalue weighted by molar-refractivity contribution is 5.76. The summed E-state index contributed by atoms with van der Waals surface area (Å²) in [6, 6.07) is 0.920. The first-order chi connectivity index (χ1) is 11.3. The fourth-order valence-corrected chi connectivity index (χ4v) is 3.76. The van der Waals surface area contributed by atoms with Gasteiger partial charge in [-0.15, -0.1) is 0 Å². The molecule has 3 heterocycles. The van der Waals surface area contributed by atoms with Gasteiger partial charge in [-0.25, -0.2) is 0 Å². The van der Waals surface area contributed by atoms with Crippen LogP contribution >= 0.6 is 0 Å². The molecule has 0 saturated carbocycles. The zero-order valence-electron chi connectivity index (χ0n) is 14.0. The van der Waals surface area contributed by atoms with Crippen LogP contribution < -0.4 is 0 Å². The van der Waals surface area contributed by atoms with Gasteiger partial charge in [-0.1, -0.05) is 13.3 Å². The van der Waals surface area contributed by atoms with Gasteiger partial charge in [-0.3, -0.25) is 14.8 Å². The number of H-pyrrole nitrogens is 1. The van der Waals surface area contributed by atoms with Crippen molar-refractivity contribution in [2.24, 2.45) is 0 Å². The maximum atomic E-state index is 12.5. The maximum absolute atomic E-state index is 12.5. The lowest BCUT2D eigenvalue weighted by atomic mass is 10.0. The quantitative estimate of drug-likeness (QED) is 0.862. The zero-order chi connectivity index (χ0) is 16.1. The first-order valence-electron chi connectivity index (χ1n) is 8.87. The summed E-state index contributed by atoms with van der Waals surface area (Å²) in [5.74, 6) is 0.283. The van der Waals surface area contributed by atoms with Crippen molar-refractivity contribution < 1.29 is 9.53 Å². The second-order valence-corrected chi connectivity index (χ2v) is 6.67. The molecule has 1 aromatic heterocycles. The van der Waals surface area contributed by atoms with Gasteiger partial charge in [0.2, 0.25) is 5.91 Å². The minimum Gasteiger partial charge on any atom is -0.378 e. The van der Waals surface area contributed by atoms with Crippen LogP contribution in [-0.4, -0.2) is 70.8 Å². The number of aromatic nitrogens is 2. The van der Waals surface area contributed by atoms with Gasteiger partial charge in [0.15, 0.2) is 0 Å². The fraction of sp³-hybridized carbons (Fsp3) is 0.765. The minimum atomic E-state index is 0.283. The topological polar surface area (TPSA) is 61.5 Å². The Labute approximate surface area is 138 Å². The van der Waals surface area contributed by atoms with E-state index in [1.54, 1.807) is 0 Å². The molecule has 6 heteroatoms. The lowest BCUT2D eigenvalue weighted by Crippen LogP contribution is -2.62. The van der Waals surface area contributed by atoms with Crippen molar-refractivity contribution in [2.45, 2.75) is 51.1 Å².